The van der Waals surface area contributed by atoms with E-state index in [9.17, 15) is 25.0 Å². The highest BCUT2D eigenvalue weighted by Crippen LogP contribution is 2.53. The first-order chi connectivity index (χ1) is 11.9. The smallest absolute Gasteiger partial charge is 0.269 e. The SMILES string of the molecule is Cc1[nH]nc2c1C1(C(=O)Nc3ccc([N+](=O)[O-])cc31)C(C#N)C(=O)N2. The number of H-pyrrole nitrogens is 1. The summed E-state index contributed by atoms with van der Waals surface area (Å²) in [4.78, 5) is 36.0. The molecule has 1 spiro atoms. The van der Waals surface area contributed by atoms with E-state index < -0.39 is 28.1 Å². The van der Waals surface area contributed by atoms with Gasteiger partial charge in [0.25, 0.3) is 5.69 Å². The second-order valence-electron chi connectivity index (χ2n) is 5.87. The lowest BCUT2D eigenvalue weighted by Crippen LogP contribution is -2.51. The fourth-order valence-electron chi connectivity index (χ4n) is 3.65. The molecule has 2 atom stereocenters. The number of anilines is 2. The first kappa shape index (κ1) is 14.8. The number of rotatable bonds is 1. The number of aromatic amines is 1. The number of benzene rings is 1. The molecule has 0 aliphatic carbocycles. The molecule has 2 aliphatic heterocycles. The zero-order valence-corrected chi connectivity index (χ0v) is 12.8. The Balaban J connectivity index is 2.13. The third-order valence-electron chi connectivity index (χ3n) is 4.65. The summed E-state index contributed by atoms with van der Waals surface area (Å²) < 4.78 is 0. The number of hydrogen-bond donors (Lipinski definition) is 3. The van der Waals surface area contributed by atoms with Crippen molar-refractivity contribution in [2.45, 2.75) is 12.3 Å². The molecule has 2 amide bonds. The molecule has 124 valence electrons. The van der Waals surface area contributed by atoms with Crippen molar-refractivity contribution in [3.8, 4) is 6.07 Å². The average Bonchev–Trinajstić information content (AvgIpc) is 3.06. The molecule has 4 rings (SSSR count). The van der Waals surface area contributed by atoms with Crippen LogP contribution in [0.1, 0.15) is 16.8 Å². The maximum atomic E-state index is 13.0. The monoisotopic (exact) mass is 338 g/mol. The first-order valence-electron chi connectivity index (χ1n) is 7.27. The molecule has 0 bridgehead atoms. The summed E-state index contributed by atoms with van der Waals surface area (Å²) in [6.07, 6.45) is 0. The van der Waals surface area contributed by atoms with Gasteiger partial charge in [-0.15, -0.1) is 0 Å². The minimum Gasteiger partial charge on any atom is -0.325 e. The normalized spacial score (nSPS) is 23.4. The van der Waals surface area contributed by atoms with Crippen molar-refractivity contribution in [3.05, 3.63) is 45.1 Å². The van der Waals surface area contributed by atoms with Crippen LogP contribution in [0.25, 0.3) is 0 Å². The summed E-state index contributed by atoms with van der Waals surface area (Å²) in [5.74, 6) is -2.52. The Hall–Kier alpha value is -3.74. The summed E-state index contributed by atoms with van der Waals surface area (Å²) in [6.45, 7) is 1.65. The van der Waals surface area contributed by atoms with Crippen molar-refractivity contribution < 1.29 is 14.5 Å². The lowest BCUT2D eigenvalue weighted by atomic mass is 9.64. The van der Waals surface area contributed by atoms with Crippen LogP contribution < -0.4 is 10.6 Å². The van der Waals surface area contributed by atoms with Crippen molar-refractivity contribution >= 4 is 29.0 Å². The summed E-state index contributed by atoms with van der Waals surface area (Å²) in [5.41, 5.74) is -0.540. The highest BCUT2D eigenvalue weighted by molar-refractivity contribution is 6.16. The van der Waals surface area contributed by atoms with Crippen LogP contribution in [-0.2, 0) is 15.0 Å². The largest absolute Gasteiger partial charge is 0.325 e. The van der Waals surface area contributed by atoms with E-state index in [0.717, 1.165) is 0 Å². The van der Waals surface area contributed by atoms with E-state index in [2.05, 4.69) is 20.8 Å². The van der Waals surface area contributed by atoms with Crippen molar-refractivity contribution in [2.24, 2.45) is 5.92 Å². The summed E-state index contributed by atoms with van der Waals surface area (Å²) >= 11 is 0. The molecule has 2 aliphatic rings. The highest BCUT2D eigenvalue weighted by atomic mass is 16.6. The summed E-state index contributed by atoms with van der Waals surface area (Å²) in [6, 6.07) is 5.76. The highest BCUT2D eigenvalue weighted by Gasteiger charge is 2.61. The van der Waals surface area contributed by atoms with Gasteiger partial charge in [-0.05, 0) is 13.0 Å². The molecule has 1 aromatic carbocycles. The van der Waals surface area contributed by atoms with Crippen LogP contribution in [-0.4, -0.2) is 26.9 Å². The van der Waals surface area contributed by atoms with Crippen molar-refractivity contribution in [1.82, 2.24) is 10.2 Å². The fraction of sp³-hybridized carbons (Fsp3) is 0.200. The number of aryl methyl sites for hydroxylation is 1. The molecule has 0 fully saturated rings. The Morgan fingerprint density at radius 1 is 1.36 bits per heavy atom. The number of non-ortho nitro benzene ring substituents is 1. The number of nitriles is 1. The number of hydrogen-bond acceptors (Lipinski definition) is 6. The van der Waals surface area contributed by atoms with E-state index >= 15 is 0 Å². The molecule has 2 unspecified atom stereocenters. The molecule has 25 heavy (non-hydrogen) atoms. The number of nitro benzene ring substituents is 1. The molecule has 1 aromatic heterocycles. The van der Waals surface area contributed by atoms with Crippen LogP contribution in [0.4, 0.5) is 17.2 Å². The van der Waals surface area contributed by atoms with Gasteiger partial charge in [-0.25, -0.2) is 0 Å². The number of nitrogens with one attached hydrogen (secondary N) is 3. The number of nitrogens with zero attached hydrogens (tertiary/aromatic N) is 3. The number of aromatic nitrogens is 2. The van der Waals surface area contributed by atoms with E-state index in [0.29, 0.717) is 16.9 Å². The average molecular weight is 338 g/mol. The molecule has 10 nitrogen and oxygen atoms in total. The topological polar surface area (TPSA) is 154 Å². The van der Waals surface area contributed by atoms with Gasteiger partial charge >= 0.3 is 0 Å². The van der Waals surface area contributed by atoms with Gasteiger partial charge < -0.3 is 10.6 Å². The third-order valence-corrected chi connectivity index (χ3v) is 4.65. The zero-order valence-electron chi connectivity index (χ0n) is 12.8. The molecule has 0 radical (unpaired) electrons. The van der Waals surface area contributed by atoms with E-state index in [4.69, 9.17) is 0 Å². The fourth-order valence-corrected chi connectivity index (χ4v) is 3.65. The Labute approximate surface area is 140 Å². The Kier molecular flexibility index (Phi) is 2.75. The van der Waals surface area contributed by atoms with Crippen LogP contribution in [0, 0.1) is 34.3 Å². The van der Waals surface area contributed by atoms with Crippen molar-refractivity contribution in [1.29, 1.82) is 5.26 Å². The zero-order chi connectivity index (χ0) is 17.9. The third kappa shape index (κ3) is 1.64. The lowest BCUT2D eigenvalue weighted by Gasteiger charge is -2.35. The predicted octanol–water partition coefficient (Wildman–Crippen LogP) is 0.956. The van der Waals surface area contributed by atoms with Gasteiger partial charge in [0.2, 0.25) is 11.8 Å². The maximum Gasteiger partial charge on any atom is 0.269 e. The Bertz CT molecular complexity index is 1020. The van der Waals surface area contributed by atoms with Crippen LogP contribution in [0.2, 0.25) is 0 Å². The maximum absolute atomic E-state index is 13.0. The van der Waals surface area contributed by atoms with Gasteiger partial charge in [0.15, 0.2) is 5.82 Å². The molecule has 0 saturated heterocycles. The quantitative estimate of drug-likeness (QED) is 0.519. The lowest BCUT2D eigenvalue weighted by molar-refractivity contribution is -0.384. The van der Waals surface area contributed by atoms with Gasteiger partial charge in [0, 0.05) is 34.6 Å². The van der Waals surface area contributed by atoms with Gasteiger partial charge in [-0.2, -0.15) is 10.4 Å². The number of fused-ring (bicyclic) bond motifs is 4. The summed E-state index contributed by atoms with van der Waals surface area (Å²) in [5, 5.41) is 32.6. The standard InChI is InChI=1S/C15H10N6O4/c1-6-11-12(20-19-6)18-13(22)9(5-16)15(11)8-4-7(21(24)25)2-3-10(8)17-14(15)23/h2-4,9H,1H3,(H,17,23)(H2,18,19,20,22). The van der Waals surface area contributed by atoms with E-state index in [-0.39, 0.29) is 17.1 Å². The van der Waals surface area contributed by atoms with E-state index in [1.807, 2.05) is 6.07 Å². The van der Waals surface area contributed by atoms with Crippen LogP contribution >= 0.6 is 0 Å². The Morgan fingerprint density at radius 2 is 2.12 bits per heavy atom. The van der Waals surface area contributed by atoms with Gasteiger partial charge in [-0.1, -0.05) is 0 Å². The number of amides is 2. The second-order valence-corrected chi connectivity index (χ2v) is 5.87. The molecule has 3 N–H and O–H groups in total. The molecule has 2 aromatic rings. The van der Waals surface area contributed by atoms with Crippen LogP contribution in [0.5, 0.6) is 0 Å². The van der Waals surface area contributed by atoms with E-state index in [1.54, 1.807) is 6.92 Å². The molecular weight excluding hydrogens is 328 g/mol. The van der Waals surface area contributed by atoms with Crippen molar-refractivity contribution in [3.63, 3.8) is 0 Å². The van der Waals surface area contributed by atoms with Crippen LogP contribution in [0.15, 0.2) is 18.2 Å². The number of carbonyl (C=O) groups is 2. The molecular formula is C15H10N6O4. The summed E-state index contributed by atoms with van der Waals surface area (Å²) in [7, 11) is 0. The van der Waals surface area contributed by atoms with Gasteiger partial charge in [0.1, 0.15) is 11.3 Å². The Morgan fingerprint density at radius 3 is 2.80 bits per heavy atom. The van der Waals surface area contributed by atoms with Crippen molar-refractivity contribution in [2.75, 3.05) is 10.6 Å². The first-order valence-corrected chi connectivity index (χ1v) is 7.27. The molecule has 0 saturated carbocycles. The predicted molar refractivity (Wildman–Crippen MR) is 83.6 cm³/mol. The molecule has 3 heterocycles. The minimum atomic E-state index is -1.69. The minimum absolute atomic E-state index is 0.142. The number of nitro groups is 1. The molecule has 10 heteroatoms. The van der Waals surface area contributed by atoms with Gasteiger partial charge in [0.05, 0.1) is 11.0 Å². The van der Waals surface area contributed by atoms with E-state index in [1.165, 1.54) is 18.2 Å². The number of carbonyl (C=O) groups excluding carboxylic acids is 2. The second kappa shape index (κ2) is 4.64. The van der Waals surface area contributed by atoms with Crippen LogP contribution in [0.3, 0.4) is 0 Å². The van der Waals surface area contributed by atoms with Gasteiger partial charge in [-0.3, -0.25) is 24.8 Å².